The average Bonchev–Trinajstić information content (AvgIpc) is 2.79. The number of hydrogen-bond donors (Lipinski definition) is 2. The van der Waals surface area contributed by atoms with E-state index in [1.807, 2.05) is 0 Å². The topological polar surface area (TPSA) is 81.4 Å². The number of primary amides is 1. The molecule has 1 aliphatic heterocycles. The van der Waals surface area contributed by atoms with Crippen molar-refractivity contribution < 1.29 is 18.7 Å². The summed E-state index contributed by atoms with van der Waals surface area (Å²) in [5, 5.41) is 2.45. The van der Waals surface area contributed by atoms with Crippen LogP contribution in [-0.2, 0) is 6.42 Å². The first-order chi connectivity index (χ1) is 8.56. The first-order valence-electron chi connectivity index (χ1n) is 5.48. The molecule has 1 atom stereocenters. The summed E-state index contributed by atoms with van der Waals surface area (Å²) in [4.78, 5) is 22.9. The van der Waals surface area contributed by atoms with Crippen molar-refractivity contribution in [2.45, 2.75) is 12.5 Å². The summed E-state index contributed by atoms with van der Waals surface area (Å²) in [5.74, 6) is -0.692. The fourth-order valence-electron chi connectivity index (χ4n) is 1.96. The van der Waals surface area contributed by atoms with E-state index >= 15 is 0 Å². The zero-order valence-corrected chi connectivity index (χ0v) is 9.83. The van der Waals surface area contributed by atoms with Crippen molar-refractivity contribution in [2.24, 2.45) is 5.73 Å². The van der Waals surface area contributed by atoms with E-state index in [1.165, 1.54) is 13.1 Å². The van der Waals surface area contributed by atoms with E-state index < -0.39 is 24.6 Å². The molecule has 6 heteroatoms. The first kappa shape index (κ1) is 12.3. The van der Waals surface area contributed by atoms with Crippen molar-refractivity contribution in [3.8, 4) is 5.75 Å². The van der Waals surface area contributed by atoms with Gasteiger partial charge in [-0.1, -0.05) is 0 Å². The second-order valence-corrected chi connectivity index (χ2v) is 4.05. The van der Waals surface area contributed by atoms with Crippen LogP contribution in [0.15, 0.2) is 12.1 Å². The number of ether oxygens (including phenoxy) is 1. The minimum absolute atomic E-state index is 0.208. The maximum absolute atomic E-state index is 12.6. The van der Waals surface area contributed by atoms with Crippen LogP contribution in [0.2, 0.25) is 0 Å². The van der Waals surface area contributed by atoms with Gasteiger partial charge in [0.2, 0.25) is 5.91 Å². The van der Waals surface area contributed by atoms with Gasteiger partial charge in [0, 0.05) is 19.0 Å². The van der Waals surface area contributed by atoms with Crippen LogP contribution in [0.25, 0.3) is 0 Å². The molecule has 0 unspecified atom stereocenters. The number of hydrogen-bond acceptors (Lipinski definition) is 3. The summed E-state index contributed by atoms with van der Waals surface area (Å²) >= 11 is 0. The molecule has 0 saturated heterocycles. The van der Waals surface area contributed by atoms with Crippen molar-refractivity contribution in [2.75, 3.05) is 13.7 Å². The highest BCUT2D eigenvalue weighted by Gasteiger charge is 2.28. The maximum Gasteiger partial charge on any atom is 0.254 e. The molecule has 1 aromatic rings. The number of alkyl halides is 1. The standard InChI is InChI=1S/C12H13FN2O3/c1-15-12(17)9-4-7(11(14)16)2-6-3-8(5-13)18-10(6)9/h2,4,8H,3,5H2,1H3,(H2,14,16)(H,15,17)/t8-/m0/s1. The van der Waals surface area contributed by atoms with Gasteiger partial charge in [-0.05, 0) is 17.7 Å². The van der Waals surface area contributed by atoms with Crippen molar-refractivity contribution in [3.05, 3.63) is 28.8 Å². The van der Waals surface area contributed by atoms with Crippen molar-refractivity contribution in [1.29, 1.82) is 0 Å². The molecular formula is C12H13FN2O3. The Morgan fingerprint density at radius 2 is 2.28 bits per heavy atom. The molecule has 0 spiro atoms. The van der Waals surface area contributed by atoms with E-state index in [0.717, 1.165) is 0 Å². The Morgan fingerprint density at radius 3 is 2.83 bits per heavy atom. The molecule has 0 aliphatic carbocycles. The molecule has 1 aromatic carbocycles. The van der Waals surface area contributed by atoms with E-state index in [0.29, 0.717) is 17.7 Å². The van der Waals surface area contributed by atoms with Crippen molar-refractivity contribution in [1.82, 2.24) is 5.32 Å². The fourth-order valence-corrected chi connectivity index (χ4v) is 1.96. The molecule has 1 heterocycles. The summed E-state index contributed by atoms with van der Waals surface area (Å²) in [6.45, 7) is -0.645. The lowest BCUT2D eigenvalue weighted by Gasteiger charge is -2.10. The van der Waals surface area contributed by atoms with Gasteiger partial charge in [-0.3, -0.25) is 9.59 Å². The van der Waals surface area contributed by atoms with Crippen LogP contribution in [0, 0.1) is 0 Å². The Hall–Kier alpha value is -2.11. The molecule has 96 valence electrons. The van der Waals surface area contributed by atoms with E-state index in [4.69, 9.17) is 10.5 Å². The van der Waals surface area contributed by atoms with Gasteiger partial charge in [-0.15, -0.1) is 0 Å². The van der Waals surface area contributed by atoms with E-state index in [2.05, 4.69) is 5.32 Å². The van der Waals surface area contributed by atoms with Gasteiger partial charge in [0.15, 0.2) is 0 Å². The average molecular weight is 252 g/mol. The predicted octanol–water partition coefficient (Wildman–Crippen LogP) is 0.418. The van der Waals surface area contributed by atoms with Crippen molar-refractivity contribution in [3.63, 3.8) is 0 Å². The molecule has 0 bridgehead atoms. The number of nitrogens with two attached hydrogens (primary N) is 1. The highest BCUT2D eigenvalue weighted by Crippen LogP contribution is 2.34. The zero-order valence-electron chi connectivity index (χ0n) is 9.83. The molecule has 0 saturated carbocycles. The second kappa shape index (κ2) is 4.64. The number of fused-ring (bicyclic) bond motifs is 1. The van der Waals surface area contributed by atoms with Crippen LogP contribution < -0.4 is 15.8 Å². The third kappa shape index (κ3) is 2.01. The summed E-state index contributed by atoms with van der Waals surface area (Å²) in [6, 6.07) is 2.90. The summed E-state index contributed by atoms with van der Waals surface area (Å²) in [6.07, 6.45) is -0.275. The fraction of sp³-hybridized carbons (Fsp3) is 0.333. The summed E-state index contributed by atoms with van der Waals surface area (Å²) in [7, 11) is 1.47. The minimum Gasteiger partial charge on any atom is -0.486 e. The van der Waals surface area contributed by atoms with E-state index in [9.17, 15) is 14.0 Å². The maximum atomic E-state index is 12.6. The van der Waals surface area contributed by atoms with E-state index in [1.54, 1.807) is 6.07 Å². The Balaban J connectivity index is 2.52. The highest BCUT2D eigenvalue weighted by atomic mass is 19.1. The number of carbonyl (C=O) groups excluding carboxylic acids is 2. The second-order valence-electron chi connectivity index (χ2n) is 4.05. The quantitative estimate of drug-likeness (QED) is 0.817. The van der Waals surface area contributed by atoms with Crippen LogP contribution in [0.5, 0.6) is 5.75 Å². The lowest BCUT2D eigenvalue weighted by atomic mass is 10.0. The minimum atomic E-state index is -0.645. The molecule has 0 fully saturated rings. The van der Waals surface area contributed by atoms with Crippen LogP contribution in [0.3, 0.4) is 0 Å². The van der Waals surface area contributed by atoms with Gasteiger partial charge in [-0.2, -0.15) is 0 Å². The molecule has 0 radical (unpaired) electrons. The third-order valence-electron chi connectivity index (χ3n) is 2.83. The number of nitrogens with one attached hydrogen (secondary N) is 1. The normalized spacial score (nSPS) is 16.9. The molecule has 0 aromatic heterocycles. The van der Waals surface area contributed by atoms with Gasteiger partial charge in [0.25, 0.3) is 5.91 Å². The van der Waals surface area contributed by atoms with Gasteiger partial charge in [0.1, 0.15) is 18.5 Å². The summed E-state index contributed by atoms with van der Waals surface area (Å²) in [5.41, 5.74) is 6.26. The number of rotatable bonds is 3. The number of halogens is 1. The third-order valence-corrected chi connectivity index (χ3v) is 2.83. The van der Waals surface area contributed by atoms with E-state index in [-0.39, 0.29) is 11.1 Å². The lowest BCUT2D eigenvalue weighted by molar-refractivity contribution is 0.0956. The SMILES string of the molecule is CNC(=O)c1cc(C(N)=O)cc2c1O[C@H](CF)C2. The lowest BCUT2D eigenvalue weighted by Crippen LogP contribution is -2.21. The Kier molecular flexibility index (Phi) is 3.18. The van der Waals surface area contributed by atoms with Crippen LogP contribution in [0.1, 0.15) is 26.3 Å². The zero-order chi connectivity index (χ0) is 13.3. The van der Waals surface area contributed by atoms with Crippen LogP contribution in [-0.4, -0.2) is 31.6 Å². The predicted molar refractivity (Wildman–Crippen MR) is 62.4 cm³/mol. The number of amides is 2. The van der Waals surface area contributed by atoms with Gasteiger partial charge < -0.3 is 15.8 Å². The van der Waals surface area contributed by atoms with Crippen LogP contribution >= 0.6 is 0 Å². The van der Waals surface area contributed by atoms with Crippen LogP contribution in [0.4, 0.5) is 4.39 Å². The Morgan fingerprint density at radius 1 is 1.56 bits per heavy atom. The highest BCUT2D eigenvalue weighted by molar-refractivity contribution is 6.01. The Bertz CT molecular complexity index is 516. The molecule has 2 amide bonds. The van der Waals surface area contributed by atoms with Crippen molar-refractivity contribution >= 4 is 11.8 Å². The largest absolute Gasteiger partial charge is 0.486 e. The van der Waals surface area contributed by atoms with Gasteiger partial charge >= 0.3 is 0 Å². The monoisotopic (exact) mass is 252 g/mol. The number of carbonyl (C=O) groups is 2. The molecular weight excluding hydrogens is 239 g/mol. The summed E-state index contributed by atoms with van der Waals surface area (Å²) < 4.78 is 18.0. The first-order valence-corrected chi connectivity index (χ1v) is 5.48. The molecule has 18 heavy (non-hydrogen) atoms. The smallest absolute Gasteiger partial charge is 0.254 e. The molecule has 1 aliphatic rings. The molecule has 5 nitrogen and oxygen atoms in total. The van der Waals surface area contributed by atoms with Gasteiger partial charge in [-0.25, -0.2) is 4.39 Å². The number of benzene rings is 1. The Labute approximate surface area is 103 Å². The molecule has 3 N–H and O–H groups in total. The molecule has 2 rings (SSSR count). The van der Waals surface area contributed by atoms with Gasteiger partial charge in [0.05, 0.1) is 5.56 Å².